The quantitative estimate of drug-likeness (QED) is 0.307. The molecule has 0 aliphatic carbocycles. The minimum atomic E-state index is -1.19. The maximum atomic E-state index is 13.8. The largest absolute Gasteiger partial charge is 0.369 e. The minimum Gasteiger partial charge on any atom is -0.369 e. The molecule has 5 rings (SSSR count). The van der Waals surface area contributed by atoms with E-state index in [4.69, 9.17) is 5.73 Å². The van der Waals surface area contributed by atoms with E-state index < -0.39 is 23.0 Å². The van der Waals surface area contributed by atoms with Crippen molar-refractivity contribution in [2.75, 3.05) is 65.4 Å². The number of carbonyl (C=O) groups excluding carboxylic acids is 1. The monoisotopic (exact) mass is 621 g/mol. The van der Waals surface area contributed by atoms with Gasteiger partial charge in [0.1, 0.15) is 17.5 Å². The Morgan fingerprint density at radius 1 is 0.689 bits per heavy atom. The number of nitrogens with two attached hydrogens (primary N) is 1. The molecule has 0 radical (unpaired) electrons. The average molecular weight is 622 g/mol. The van der Waals surface area contributed by atoms with E-state index in [-0.39, 0.29) is 11.9 Å². The number of benzene rings is 3. The van der Waals surface area contributed by atoms with Gasteiger partial charge in [-0.05, 0) is 86.3 Å². The predicted octanol–water partition coefficient (Wildman–Crippen LogP) is 5.04. The highest BCUT2D eigenvalue weighted by Crippen LogP contribution is 2.37. The number of nitrogens with zero attached hydrogens (tertiary/aromatic N) is 4. The topological polar surface area (TPSA) is 56.1 Å². The summed E-state index contributed by atoms with van der Waals surface area (Å²) in [6.45, 7) is 13.8. The van der Waals surface area contributed by atoms with Gasteiger partial charge >= 0.3 is 0 Å². The van der Waals surface area contributed by atoms with Crippen LogP contribution in [-0.2, 0) is 10.2 Å². The first kappa shape index (κ1) is 33.1. The second-order valence-corrected chi connectivity index (χ2v) is 12.8. The predicted molar refractivity (Wildman–Crippen MR) is 172 cm³/mol. The highest BCUT2D eigenvalue weighted by molar-refractivity contribution is 5.90. The molecular weight excluding hydrogens is 575 g/mol. The number of hydrogen-bond acceptors (Lipinski definition) is 5. The lowest BCUT2D eigenvalue weighted by Crippen LogP contribution is -2.53. The van der Waals surface area contributed by atoms with Crippen molar-refractivity contribution in [2.45, 2.75) is 44.2 Å². The van der Waals surface area contributed by atoms with Crippen LogP contribution in [0.4, 0.5) is 13.2 Å². The normalized spacial score (nSPS) is 18.4. The van der Waals surface area contributed by atoms with Crippen LogP contribution in [-0.4, -0.2) is 97.0 Å². The van der Waals surface area contributed by atoms with Crippen LogP contribution in [0.25, 0.3) is 0 Å². The van der Waals surface area contributed by atoms with E-state index in [0.29, 0.717) is 30.0 Å². The first-order valence-electron chi connectivity index (χ1n) is 16.2. The number of primary amides is 1. The van der Waals surface area contributed by atoms with Crippen molar-refractivity contribution in [2.24, 2.45) is 5.73 Å². The average Bonchev–Trinajstić information content (AvgIpc) is 3.04. The lowest BCUT2D eigenvalue weighted by Gasteiger charge is -2.44. The third kappa shape index (κ3) is 7.95. The molecule has 2 N–H and O–H groups in total. The molecule has 1 amide bonds. The summed E-state index contributed by atoms with van der Waals surface area (Å²) in [6.07, 6.45) is 1.12. The van der Waals surface area contributed by atoms with Crippen LogP contribution >= 0.6 is 0 Å². The zero-order valence-corrected chi connectivity index (χ0v) is 26.5. The van der Waals surface area contributed by atoms with E-state index in [1.165, 1.54) is 24.3 Å². The van der Waals surface area contributed by atoms with Gasteiger partial charge in [0.2, 0.25) is 5.91 Å². The molecule has 9 heteroatoms. The Morgan fingerprint density at radius 2 is 1.13 bits per heavy atom. The standard InChI is InChI=1S/C36H46F3N5O/c1-27(2)43-22-24-44(25-23-43)34(28-4-10-31(37)11-5-28)26-42-20-18-41(19-21-42)17-3-16-36(35(40)45,29-6-12-32(38)13-7-29)30-8-14-33(39)15-9-30/h4-15,27,34H,3,16-26H2,1-2H3,(H2,40,45). The zero-order chi connectivity index (χ0) is 32.0. The van der Waals surface area contributed by atoms with Gasteiger partial charge in [-0.25, -0.2) is 13.2 Å². The summed E-state index contributed by atoms with van der Waals surface area (Å²) in [5.74, 6) is -1.54. The lowest BCUT2D eigenvalue weighted by atomic mass is 9.70. The van der Waals surface area contributed by atoms with Crippen molar-refractivity contribution in [3.63, 3.8) is 0 Å². The van der Waals surface area contributed by atoms with Crippen LogP contribution in [0.2, 0.25) is 0 Å². The summed E-state index contributed by atoms with van der Waals surface area (Å²) in [6, 6.07) is 19.4. The van der Waals surface area contributed by atoms with Gasteiger partial charge in [0.15, 0.2) is 0 Å². The van der Waals surface area contributed by atoms with Crippen molar-refractivity contribution >= 4 is 5.91 Å². The number of rotatable bonds is 12. The first-order valence-corrected chi connectivity index (χ1v) is 16.2. The minimum absolute atomic E-state index is 0.203. The molecular formula is C36H46F3N5O. The van der Waals surface area contributed by atoms with Gasteiger partial charge in [-0.1, -0.05) is 36.4 Å². The number of amides is 1. The van der Waals surface area contributed by atoms with Crippen LogP contribution in [0.5, 0.6) is 0 Å². The van der Waals surface area contributed by atoms with Crippen LogP contribution in [0.3, 0.4) is 0 Å². The Balaban J connectivity index is 1.21. The molecule has 2 saturated heterocycles. The van der Waals surface area contributed by atoms with Crippen molar-refractivity contribution in [3.8, 4) is 0 Å². The Hall–Kier alpha value is -3.24. The Kier molecular flexibility index (Phi) is 11.0. The smallest absolute Gasteiger partial charge is 0.232 e. The lowest BCUT2D eigenvalue weighted by molar-refractivity contribution is -0.122. The molecule has 0 spiro atoms. The number of halogens is 3. The Bertz CT molecular complexity index is 1320. The van der Waals surface area contributed by atoms with Crippen LogP contribution in [0, 0.1) is 17.5 Å². The van der Waals surface area contributed by atoms with Crippen molar-refractivity contribution < 1.29 is 18.0 Å². The molecule has 242 valence electrons. The number of carbonyl (C=O) groups is 1. The third-order valence-electron chi connectivity index (χ3n) is 9.79. The number of hydrogen-bond donors (Lipinski definition) is 1. The van der Waals surface area contributed by atoms with Crippen LogP contribution in [0.15, 0.2) is 72.8 Å². The van der Waals surface area contributed by atoms with Gasteiger partial charge in [0.05, 0.1) is 5.41 Å². The fourth-order valence-electron chi connectivity index (χ4n) is 7.02. The number of piperazine rings is 2. The van der Waals surface area contributed by atoms with Gasteiger partial charge < -0.3 is 10.6 Å². The fourth-order valence-corrected chi connectivity index (χ4v) is 7.02. The summed E-state index contributed by atoms with van der Waals surface area (Å²) in [4.78, 5) is 23.1. The van der Waals surface area contributed by atoms with E-state index in [1.54, 1.807) is 36.4 Å². The second kappa shape index (κ2) is 14.9. The fraction of sp³-hybridized carbons (Fsp3) is 0.472. The highest BCUT2D eigenvalue weighted by Gasteiger charge is 2.40. The Morgan fingerprint density at radius 3 is 1.60 bits per heavy atom. The summed E-state index contributed by atoms with van der Waals surface area (Å²) in [5.41, 5.74) is 7.24. The van der Waals surface area contributed by atoms with Gasteiger partial charge in [-0.2, -0.15) is 0 Å². The van der Waals surface area contributed by atoms with Crippen LogP contribution < -0.4 is 5.73 Å². The summed E-state index contributed by atoms with van der Waals surface area (Å²) in [7, 11) is 0. The molecule has 6 nitrogen and oxygen atoms in total. The van der Waals surface area contributed by atoms with E-state index in [2.05, 4.69) is 33.4 Å². The summed E-state index contributed by atoms with van der Waals surface area (Å²) < 4.78 is 41.4. The first-order chi connectivity index (χ1) is 21.7. The van der Waals surface area contributed by atoms with Gasteiger partial charge in [-0.15, -0.1) is 0 Å². The van der Waals surface area contributed by atoms with Crippen molar-refractivity contribution in [1.29, 1.82) is 0 Å². The maximum absolute atomic E-state index is 13.8. The third-order valence-corrected chi connectivity index (χ3v) is 9.79. The molecule has 3 aromatic carbocycles. The highest BCUT2D eigenvalue weighted by atomic mass is 19.1. The Labute approximate surface area is 265 Å². The van der Waals surface area contributed by atoms with E-state index >= 15 is 0 Å². The molecule has 0 aromatic heterocycles. The molecule has 45 heavy (non-hydrogen) atoms. The van der Waals surface area contributed by atoms with Crippen molar-refractivity contribution in [1.82, 2.24) is 19.6 Å². The SMILES string of the molecule is CC(C)N1CCN(C(CN2CCN(CCCC(C(N)=O)(c3ccc(F)cc3)c3ccc(F)cc3)CC2)c2ccc(F)cc2)CC1. The van der Waals surface area contributed by atoms with Crippen molar-refractivity contribution in [3.05, 3.63) is 107 Å². The maximum Gasteiger partial charge on any atom is 0.232 e. The van der Waals surface area contributed by atoms with E-state index in [9.17, 15) is 18.0 Å². The molecule has 1 unspecified atom stereocenters. The molecule has 3 aromatic rings. The molecule has 0 saturated carbocycles. The summed E-state index contributed by atoms with van der Waals surface area (Å²) >= 11 is 0. The second-order valence-electron chi connectivity index (χ2n) is 12.8. The molecule has 2 aliphatic heterocycles. The molecule has 0 bridgehead atoms. The van der Waals surface area contributed by atoms with E-state index in [0.717, 1.165) is 71.0 Å². The molecule has 2 aliphatic rings. The summed E-state index contributed by atoms with van der Waals surface area (Å²) in [5, 5.41) is 0. The molecule has 2 heterocycles. The molecule has 1 atom stereocenters. The molecule has 2 fully saturated rings. The van der Waals surface area contributed by atoms with Crippen LogP contribution in [0.1, 0.15) is 49.4 Å². The zero-order valence-electron chi connectivity index (χ0n) is 26.5. The van der Waals surface area contributed by atoms with Gasteiger partial charge in [0, 0.05) is 71.0 Å². The van der Waals surface area contributed by atoms with Gasteiger partial charge in [-0.3, -0.25) is 19.5 Å². The van der Waals surface area contributed by atoms with Gasteiger partial charge in [0.25, 0.3) is 0 Å². The van der Waals surface area contributed by atoms with E-state index in [1.807, 2.05) is 12.1 Å².